The van der Waals surface area contributed by atoms with E-state index in [1.54, 1.807) is 20.2 Å². The molecule has 0 bridgehead atoms. The fourth-order valence-corrected chi connectivity index (χ4v) is 2.60. The third-order valence-corrected chi connectivity index (χ3v) is 4.67. The van der Waals surface area contributed by atoms with Gasteiger partial charge < -0.3 is 25.0 Å². The Balaban J connectivity index is 0.00000392. The van der Waals surface area contributed by atoms with Gasteiger partial charge in [0.25, 0.3) is 0 Å². The molecule has 8 heteroatoms. The number of halogens is 2. The lowest BCUT2D eigenvalue weighted by atomic mass is 10.1. The van der Waals surface area contributed by atoms with E-state index in [2.05, 4.69) is 27.6 Å². The van der Waals surface area contributed by atoms with E-state index in [1.165, 1.54) is 18.9 Å². The molecule has 0 heterocycles. The quantitative estimate of drug-likeness (QED) is 0.274. The van der Waals surface area contributed by atoms with Crippen molar-refractivity contribution in [1.82, 2.24) is 15.5 Å². The molecule has 2 N–H and O–H groups in total. The van der Waals surface area contributed by atoms with Crippen LogP contribution in [-0.2, 0) is 4.74 Å². The second kappa shape index (κ2) is 13.2. The van der Waals surface area contributed by atoms with E-state index >= 15 is 0 Å². The Kier molecular flexibility index (Phi) is 11.7. The van der Waals surface area contributed by atoms with Gasteiger partial charge in [0.15, 0.2) is 17.5 Å². The van der Waals surface area contributed by atoms with Crippen molar-refractivity contribution in [2.24, 2.45) is 10.9 Å². The lowest BCUT2D eigenvalue weighted by Crippen LogP contribution is -2.42. The Morgan fingerprint density at radius 3 is 2.71 bits per heavy atom. The van der Waals surface area contributed by atoms with E-state index in [0.29, 0.717) is 30.8 Å². The first kappa shape index (κ1) is 24.9. The Labute approximate surface area is 185 Å². The topological polar surface area (TPSA) is 58.1 Å². The van der Waals surface area contributed by atoms with Crippen LogP contribution in [0.25, 0.3) is 0 Å². The predicted octanol–water partition coefficient (Wildman–Crippen LogP) is 3.04. The standard InChI is InChI=1S/C20H33FN4O2.HI/c1-15(24-20(22-2)23-9-10-25(3)11-12-26-4)17-7-8-19(18(21)13-17)27-14-16-5-6-16;/h7-8,13,15-16H,5-6,9-12,14H2,1-4H3,(H2,22,23,24);1H. The van der Waals surface area contributed by atoms with E-state index in [9.17, 15) is 4.39 Å². The summed E-state index contributed by atoms with van der Waals surface area (Å²) in [6.45, 7) is 5.83. The van der Waals surface area contributed by atoms with Crippen LogP contribution in [0, 0.1) is 11.7 Å². The Morgan fingerprint density at radius 2 is 2.11 bits per heavy atom. The van der Waals surface area contributed by atoms with Gasteiger partial charge in [-0.3, -0.25) is 4.99 Å². The Hall–Kier alpha value is -1.13. The molecule has 1 fully saturated rings. The molecule has 2 rings (SSSR count). The van der Waals surface area contributed by atoms with Gasteiger partial charge in [-0.15, -0.1) is 24.0 Å². The first-order valence-corrected chi connectivity index (χ1v) is 9.60. The molecule has 0 amide bonds. The number of benzene rings is 1. The number of guanidine groups is 1. The normalized spacial score (nSPS) is 15.1. The summed E-state index contributed by atoms with van der Waals surface area (Å²) in [5.74, 6) is 1.31. The Bertz CT molecular complexity index is 614. The van der Waals surface area contributed by atoms with Crippen LogP contribution in [0.5, 0.6) is 5.75 Å². The molecule has 0 radical (unpaired) electrons. The van der Waals surface area contributed by atoms with Crippen molar-refractivity contribution < 1.29 is 13.9 Å². The van der Waals surface area contributed by atoms with Crippen LogP contribution >= 0.6 is 24.0 Å². The molecule has 1 saturated carbocycles. The average Bonchev–Trinajstić information content (AvgIpc) is 3.48. The number of hydrogen-bond donors (Lipinski definition) is 2. The smallest absolute Gasteiger partial charge is 0.191 e. The molecule has 1 aliphatic rings. The summed E-state index contributed by atoms with van der Waals surface area (Å²) in [6, 6.07) is 5.07. The highest BCUT2D eigenvalue weighted by Crippen LogP contribution is 2.30. The van der Waals surface area contributed by atoms with Crippen molar-refractivity contribution in [2.75, 3.05) is 54.1 Å². The minimum atomic E-state index is -0.315. The first-order chi connectivity index (χ1) is 13.0. The molecule has 0 aromatic heterocycles. The number of ether oxygens (including phenoxy) is 2. The number of likely N-dealkylation sites (N-methyl/N-ethyl adjacent to an activating group) is 1. The molecule has 1 aromatic rings. The van der Waals surface area contributed by atoms with Gasteiger partial charge in [0.05, 0.1) is 19.3 Å². The predicted molar refractivity (Wildman–Crippen MR) is 122 cm³/mol. The molecule has 28 heavy (non-hydrogen) atoms. The van der Waals surface area contributed by atoms with Crippen LogP contribution in [0.3, 0.4) is 0 Å². The zero-order valence-corrected chi connectivity index (χ0v) is 19.7. The van der Waals surface area contributed by atoms with Crippen LogP contribution < -0.4 is 15.4 Å². The maximum atomic E-state index is 14.3. The van der Waals surface area contributed by atoms with Gasteiger partial charge in [-0.1, -0.05) is 6.07 Å². The van der Waals surface area contributed by atoms with Crippen molar-refractivity contribution in [3.05, 3.63) is 29.6 Å². The minimum absolute atomic E-state index is 0. The highest BCUT2D eigenvalue weighted by Gasteiger charge is 2.22. The van der Waals surface area contributed by atoms with Crippen molar-refractivity contribution in [3.63, 3.8) is 0 Å². The number of hydrogen-bond acceptors (Lipinski definition) is 4. The number of aliphatic imine (C=N–C) groups is 1. The number of rotatable bonds is 11. The molecule has 6 nitrogen and oxygen atoms in total. The average molecular weight is 508 g/mol. The lowest BCUT2D eigenvalue weighted by Gasteiger charge is -2.21. The molecule has 0 saturated heterocycles. The summed E-state index contributed by atoms with van der Waals surface area (Å²) in [5.41, 5.74) is 0.853. The van der Waals surface area contributed by atoms with Crippen molar-refractivity contribution >= 4 is 29.9 Å². The summed E-state index contributed by atoms with van der Waals surface area (Å²) in [5, 5.41) is 6.58. The van der Waals surface area contributed by atoms with Crippen LogP contribution in [0.2, 0.25) is 0 Å². The first-order valence-electron chi connectivity index (χ1n) is 9.60. The molecular formula is C20H34FIN4O2. The number of nitrogens with one attached hydrogen (secondary N) is 2. The summed E-state index contributed by atoms with van der Waals surface area (Å²) in [4.78, 5) is 6.42. The second-order valence-corrected chi connectivity index (χ2v) is 7.11. The van der Waals surface area contributed by atoms with E-state index in [1.807, 2.05) is 13.0 Å². The third kappa shape index (κ3) is 8.91. The van der Waals surface area contributed by atoms with Crippen molar-refractivity contribution in [3.8, 4) is 5.75 Å². The van der Waals surface area contributed by atoms with Gasteiger partial charge in [-0.2, -0.15) is 0 Å². The van der Waals surface area contributed by atoms with E-state index in [4.69, 9.17) is 9.47 Å². The van der Waals surface area contributed by atoms with Gasteiger partial charge in [0.2, 0.25) is 0 Å². The van der Waals surface area contributed by atoms with E-state index < -0.39 is 0 Å². The third-order valence-electron chi connectivity index (χ3n) is 4.67. The molecule has 0 spiro atoms. The summed E-state index contributed by atoms with van der Waals surface area (Å²) >= 11 is 0. The van der Waals surface area contributed by atoms with Gasteiger partial charge in [0.1, 0.15) is 0 Å². The minimum Gasteiger partial charge on any atom is -0.490 e. The molecule has 1 unspecified atom stereocenters. The molecule has 160 valence electrons. The van der Waals surface area contributed by atoms with E-state index in [-0.39, 0.29) is 35.8 Å². The zero-order valence-electron chi connectivity index (χ0n) is 17.3. The maximum Gasteiger partial charge on any atom is 0.191 e. The summed E-state index contributed by atoms with van der Waals surface area (Å²) in [7, 11) is 5.48. The maximum absolute atomic E-state index is 14.3. The highest BCUT2D eigenvalue weighted by molar-refractivity contribution is 14.0. The Morgan fingerprint density at radius 1 is 1.36 bits per heavy atom. The largest absolute Gasteiger partial charge is 0.490 e. The number of methoxy groups -OCH3 is 1. The van der Waals surface area contributed by atoms with Crippen LogP contribution in [0.15, 0.2) is 23.2 Å². The van der Waals surface area contributed by atoms with Gasteiger partial charge in [0, 0.05) is 33.8 Å². The van der Waals surface area contributed by atoms with Crippen LogP contribution in [0.4, 0.5) is 4.39 Å². The molecule has 1 aromatic carbocycles. The van der Waals surface area contributed by atoms with Crippen LogP contribution in [-0.4, -0.2) is 64.9 Å². The van der Waals surface area contributed by atoms with Gasteiger partial charge >= 0.3 is 0 Å². The fraction of sp³-hybridized carbons (Fsp3) is 0.650. The monoisotopic (exact) mass is 508 g/mol. The van der Waals surface area contributed by atoms with Gasteiger partial charge in [-0.25, -0.2) is 4.39 Å². The highest BCUT2D eigenvalue weighted by atomic mass is 127. The van der Waals surface area contributed by atoms with Crippen molar-refractivity contribution in [2.45, 2.75) is 25.8 Å². The molecule has 0 aliphatic heterocycles. The SMILES string of the molecule is CN=C(NCCN(C)CCOC)NC(C)c1ccc(OCC2CC2)c(F)c1.I. The molecule has 1 atom stereocenters. The zero-order chi connectivity index (χ0) is 19.6. The van der Waals surface area contributed by atoms with E-state index in [0.717, 1.165) is 25.2 Å². The summed E-state index contributed by atoms with van der Waals surface area (Å²) in [6.07, 6.45) is 2.38. The van der Waals surface area contributed by atoms with Crippen LogP contribution in [0.1, 0.15) is 31.4 Å². The second-order valence-electron chi connectivity index (χ2n) is 7.11. The number of nitrogens with zero attached hydrogens (tertiary/aromatic N) is 2. The fourth-order valence-electron chi connectivity index (χ4n) is 2.60. The molecular weight excluding hydrogens is 474 g/mol. The molecule has 1 aliphatic carbocycles. The summed E-state index contributed by atoms with van der Waals surface area (Å²) < 4.78 is 24.9. The van der Waals surface area contributed by atoms with Crippen molar-refractivity contribution in [1.29, 1.82) is 0 Å². The lowest BCUT2D eigenvalue weighted by molar-refractivity contribution is 0.162. The van der Waals surface area contributed by atoms with Gasteiger partial charge in [-0.05, 0) is 50.4 Å².